The maximum Gasteiger partial charge on any atom is 0.330 e. The summed E-state index contributed by atoms with van der Waals surface area (Å²) >= 11 is 0. The number of allylic oxidation sites excluding steroid dienone is 2. The molecule has 0 bridgehead atoms. The van der Waals surface area contributed by atoms with Gasteiger partial charge in [0.15, 0.2) is 5.54 Å². The first-order chi connectivity index (χ1) is 7.80. The quantitative estimate of drug-likeness (QED) is 0.531. The van der Waals surface area contributed by atoms with Crippen molar-refractivity contribution < 1.29 is 9.95 Å². The molecule has 0 aliphatic carbocycles. The summed E-state index contributed by atoms with van der Waals surface area (Å²) < 4.78 is 0.880. The van der Waals surface area contributed by atoms with Crippen molar-refractivity contribution >= 4 is 5.84 Å². The number of hydrogen-bond acceptors (Lipinski definition) is 4. The number of nitrogens with zero attached hydrogens (tertiary/aromatic N) is 2. The van der Waals surface area contributed by atoms with Gasteiger partial charge in [0.2, 0.25) is 0 Å². The van der Waals surface area contributed by atoms with E-state index < -0.39 is 11.1 Å². The molecular formula is C12H19N3O2. The number of hydrogen-bond donors (Lipinski definition) is 2. The Bertz CT molecular complexity index is 433. The summed E-state index contributed by atoms with van der Waals surface area (Å²) in [6, 6.07) is 0. The highest BCUT2D eigenvalue weighted by Gasteiger charge is 2.59. The van der Waals surface area contributed by atoms with E-state index >= 15 is 0 Å². The Morgan fingerprint density at radius 2 is 2.06 bits per heavy atom. The summed E-state index contributed by atoms with van der Waals surface area (Å²) in [5.74, 6) is 0.282. The zero-order chi connectivity index (χ0) is 12.8. The predicted molar refractivity (Wildman–Crippen MR) is 65.6 cm³/mol. The SMILES string of the molecule is CC1(C)N(O)C(C2=CC=CCN2)=[N+]([O-])C1(C)C. The first kappa shape index (κ1) is 12.0. The maximum absolute atomic E-state index is 12.3. The van der Waals surface area contributed by atoms with E-state index in [2.05, 4.69) is 5.32 Å². The first-order valence-electron chi connectivity index (χ1n) is 5.74. The highest BCUT2D eigenvalue weighted by atomic mass is 16.5. The van der Waals surface area contributed by atoms with Gasteiger partial charge in [-0.2, -0.15) is 0 Å². The minimum atomic E-state index is -0.694. The third-order valence-electron chi connectivity index (χ3n) is 3.98. The van der Waals surface area contributed by atoms with Crippen molar-refractivity contribution in [2.24, 2.45) is 0 Å². The van der Waals surface area contributed by atoms with Crippen LogP contribution in [-0.2, 0) is 0 Å². The van der Waals surface area contributed by atoms with Crippen molar-refractivity contribution in [1.29, 1.82) is 0 Å². The molecule has 5 heteroatoms. The fraction of sp³-hybridized carbons (Fsp3) is 0.583. The molecule has 0 saturated heterocycles. The average Bonchev–Trinajstić information content (AvgIpc) is 2.40. The standard InChI is InChI=1S/C12H19N3O2/c1-11(2)12(3,4)15(17)10(14(11)16)9-7-5-6-8-13-9/h5-7,13,16H,8H2,1-4H3. The van der Waals surface area contributed by atoms with Crippen molar-refractivity contribution in [1.82, 2.24) is 10.4 Å². The monoisotopic (exact) mass is 237 g/mol. The van der Waals surface area contributed by atoms with Crippen molar-refractivity contribution in [3.8, 4) is 0 Å². The minimum Gasteiger partial charge on any atom is -0.714 e. The van der Waals surface area contributed by atoms with E-state index in [0.717, 1.165) is 9.80 Å². The van der Waals surface area contributed by atoms with Gasteiger partial charge in [0, 0.05) is 6.54 Å². The van der Waals surface area contributed by atoms with Gasteiger partial charge in [0.05, 0.1) is 0 Å². The summed E-state index contributed by atoms with van der Waals surface area (Å²) in [5, 5.41) is 26.7. The number of rotatable bonds is 1. The Kier molecular flexibility index (Phi) is 2.47. The van der Waals surface area contributed by atoms with Gasteiger partial charge >= 0.3 is 5.84 Å². The lowest BCUT2D eigenvalue weighted by molar-refractivity contribution is -0.539. The molecular weight excluding hydrogens is 218 g/mol. The molecule has 0 amide bonds. The maximum atomic E-state index is 12.3. The number of hydroxylamine groups is 3. The summed E-state index contributed by atoms with van der Waals surface area (Å²) in [7, 11) is 0. The lowest BCUT2D eigenvalue weighted by atomic mass is 9.84. The molecule has 2 rings (SSSR count). The number of nitrogens with one attached hydrogen (secondary N) is 1. The van der Waals surface area contributed by atoms with Crippen molar-refractivity contribution in [3.63, 3.8) is 0 Å². The lowest BCUT2D eigenvalue weighted by Gasteiger charge is -2.33. The van der Waals surface area contributed by atoms with Gasteiger partial charge in [-0.3, -0.25) is 4.74 Å². The van der Waals surface area contributed by atoms with E-state index in [4.69, 9.17) is 0 Å². The highest BCUT2D eigenvalue weighted by Crippen LogP contribution is 2.36. The first-order valence-corrected chi connectivity index (χ1v) is 5.74. The third-order valence-corrected chi connectivity index (χ3v) is 3.98. The molecule has 17 heavy (non-hydrogen) atoms. The number of dihydropyridines is 1. The zero-order valence-corrected chi connectivity index (χ0v) is 10.7. The second-order valence-electron chi connectivity index (χ2n) is 5.44. The molecule has 2 aliphatic rings. The molecule has 2 N–H and O–H groups in total. The largest absolute Gasteiger partial charge is 0.714 e. The number of amidine groups is 1. The average molecular weight is 237 g/mol. The smallest absolute Gasteiger partial charge is 0.330 e. The van der Waals surface area contributed by atoms with Crippen LogP contribution in [0.15, 0.2) is 23.9 Å². The molecule has 2 heterocycles. The molecule has 0 atom stereocenters. The van der Waals surface area contributed by atoms with Gasteiger partial charge in [-0.15, -0.1) is 5.06 Å². The van der Waals surface area contributed by atoms with Crippen LogP contribution in [0.3, 0.4) is 0 Å². The molecule has 2 aliphatic heterocycles. The van der Waals surface area contributed by atoms with Crippen LogP contribution < -0.4 is 5.32 Å². The Hall–Kier alpha value is -1.49. The Labute approximate surface area is 101 Å². The predicted octanol–water partition coefficient (Wildman–Crippen LogP) is 1.20. The molecule has 0 unspecified atom stereocenters. The third kappa shape index (κ3) is 1.45. The van der Waals surface area contributed by atoms with Crippen molar-refractivity contribution in [2.75, 3.05) is 6.54 Å². The van der Waals surface area contributed by atoms with Crippen molar-refractivity contribution in [3.05, 3.63) is 29.1 Å². The molecule has 0 radical (unpaired) electrons. The van der Waals surface area contributed by atoms with E-state index in [1.165, 1.54) is 0 Å². The topological polar surface area (TPSA) is 61.6 Å². The Morgan fingerprint density at radius 1 is 1.41 bits per heavy atom. The van der Waals surface area contributed by atoms with Crippen molar-refractivity contribution in [2.45, 2.75) is 38.8 Å². The van der Waals surface area contributed by atoms with Crippen LogP contribution >= 0.6 is 0 Å². The second-order valence-corrected chi connectivity index (χ2v) is 5.44. The van der Waals surface area contributed by atoms with Gasteiger partial charge in [-0.1, -0.05) is 12.2 Å². The zero-order valence-electron chi connectivity index (χ0n) is 10.7. The molecule has 0 fully saturated rings. The molecule has 5 nitrogen and oxygen atoms in total. The van der Waals surface area contributed by atoms with Crippen LogP contribution in [0.1, 0.15) is 27.7 Å². The van der Waals surface area contributed by atoms with Crippen LogP contribution in [0, 0.1) is 5.21 Å². The highest BCUT2D eigenvalue weighted by molar-refractivity contribution is 5.95. The van der Waals surface area contributed by atoms with Crippen LogP contribution in [0.4, 0.5) is 0 Å². The van der Waals surface area contributed by atoms with E-state index in [0.29, 0.717) is 12.2 Å². The fourth-order valence-electron chi connectivity index (χ4n) is 1.96. The lowest BCUT2D eigenvalue weighted by Crippen LogP contribution is -2.53. The van der Waals surface area contributed by atoms with E-state index in [9.17, 15) is 10.4 Å². The van der Waals surface area contributed by atoms with Crippen LogP contribution in [0.2, 0.25) is 0 Å². The molecule has 0 spiro atoms. The summed E-state index contributed by atoms with van der Waals surface area (Å²) in [6.45, 7) is 8.02. The Balaban J connectivity index is 2.50. The Morgan fingerprint density at radius 3 is 2.47 bits per heavy atom. The molecule has 0 aromatic carbocycles. The van der Waals surface area contributed by atoms with E-state index in [-0.39, 0.29) is 5.84 Å². The van der Waals surface area contributed by atoms with Crippen LogP contribution in [0.25, 0.3) is 0 Å². The van der Waals surface area contributed by atoms with Crippen LogP contribution in [-0.4, -0.2) is 38.5 Å². The normalized spacial score (nSPS) is 25.9. The van der Waals surface area contributed by atoms with Gasteiger partial charge in [0.1, 0.15) is 11.2 Å². The molecule has 0 aromatic heterocycles. The van der Waals surface area contributed by atoms with Gasteiger partial charge in [-0.25, -0.2) is 5.21 Å². The molecule has 0 saturated carbocycles. The summed E-state index contributed by atoms with van der Waals surface area (Å²) in [5.41, 5.74) is -0.683. The summed E-state index contributed by atoms with van der Waals surface area (Å²) in [6.07, 6.45) is 5.62. The minimum absolute atomic E-state index is 0.282. The molecule has 0 aromatic rings. The van der Waals surface area contributed by atoms with Gasteiger partial charge in [0.25, 0.3) is 0 Å². The summed E-state index contributed by atoms with van der Waals surface area (Å²) in [4.78, 5) is 0. The molecule has 94 valence electrons. The second kappa shape index (κ2) is 3.50. The fourth-order valence-corrected chi connectivity index (χ4v) is 1.96. The van der Waals surface area contributed by atoms with E-state index in [1.54, 1.807) is 6.08 Å². The van der Waals surface area contributed by atoms with E-state index in [1.807, 2.05) is 39.8 Å². The van der Waals surface area contributed by atoms with Crippen LogP contribution in [0.5, 0.6) is 0 Å². The van der Waals surface area contributed by atoms with Gasteiger partial charge < -0.3 is 10.5 Å². The van der Waals surface area contributed by atoms with Gasteiger partial charge in [-0.05, 0) is 33.8 Å².